The Kier molecular flexibility index (Phi) is 2.55. The van der Waals surface area contributed by atoms with Gasteiger partial charge in [-0.1, -0.05) is 25.1 Å². The predicted octanol–water partition coefficient (Wildman–Crippen LogP) is 2.48. The van der Waals surface area contributed by atoms with E-state index in [2.05, 4.69) is 23.2 Å². The van der Waals surface area contributed by atoms with Crippen LogP contribution in [0.3, 0.4) is 0 Å². The minimum Gasteiger partial charge on any atom is -0.393 e. The fourth-order valence-corrected chi connectivity index (χ4v) is 1.72. The molecule has 1 atom stereocenters. The fourth-order valence-electron chi connectivity index (χ4n) is 1.72. The number of H-pyrrole nitrogens is 1. The van der Waals surface area contributed by atoms with Crippen LogP contribution in [0.4, 0.5) is 0 Å². The van der Waals surface area contributed by atoms with Crippen molar-refractivity contribution in [2.45, 2.75) is 25.9 Å². The zero-order chi connectivity index (χ0) is 9.97. The standard InChI is InChI=1S/C12H15NO/c1-2-11(14)8-10-5-3-4-9-6-7-13-12(9)10/h3-7,11,13-14H,2,8H2,1H3/t11-/m0/s1. The predicted molar refractivity (Wildman–Crippen MR) is 58.3 cm³/mol. The zero-order valence-corrected chi connectivity index (χ0v) is 8.33. The van der Waals surface area contributed by atoms with Gasteiger partial charge in [0.15, 0.2) is 0 Å². The molecule has 2 aromatic rings. The summed E-state index contributed by atoms with van der Waals surface area (Å²) >= 11 is 0. The highest BCUT2D eigenvalue weighted by Gasteiger charge is 2.06. The third kappa shape index (κ3) is 1.66. The molecule has 0 aliphatic rings. The molecule has 0 aliphatic heterocycles. The number of para-hydroxylation sites is 1. The molecule has 2 N–H and O–H groups in total. The van der Waals surface area contributed by atoms with E-state index in [-0.39, 0.29) is 6.10 Å². The van der Waals surface area contributed by atoms with E-state index in [0.717, 1.165) is 18.4 Å². The van der Waals surface area contributed by atoms with Gasteiger partial charge in [-0.3, -0.25) is 0 Å². The maximum atomic E-state index is 9.59. The van der Waals surface area contributed by atoms with Crippen LogP contribution in [0.5, 0.6) is 0 Å². The second-order valence-electron chi connectivity index (χ2n) is 3.63. The second-order valence-corrected chi connectivity index (χ2v) is 3.63. The van der Waals surface area contributed by atoms with Crippen LogP contribution in [0.2, 0.25) is 0 Å². The Morgan fingerprint density at radius 3 is 3.00 bits per heavy atom. The number of benzene rings is 1. The van der Waals surface area contributed by atoms with E-state index >= 15 is 0 Å². The van der Waals surface area contributed by atoms with Gasteiger partial charge in [-0.15, -0.1) is 0 Å². The zero-order valence-electron chi connectivity index (χ0n) is 8.33. The van der Waals surface area contributed by atoms with E-state index < -0.39 is 0 Å². The monoisotopic (exact) mass is 189 g/mol. The molecule has 0 saturated carbocycles. The molecule has 2 heteroatoms. The van der Waals surface area contributed by atoms with Gasteiger partial charge in [0.05, 0.1) is 6.10 Å². The first-order valence-electron chi connectivity index (χ1n) is 5.04. The van der Waals surface area contributed by atoms with E-state index in [1.54, 1.807) is 0 Å². The first-order chi connectivity index (χ1) is 6.81. The third-order valence-electron chi connectivity index (χ3n) is 2.60. The van der Waals surface area contributed by atoms with Crippen molar-refractivity contribution in [3.8, 4) is 0 Å². The maximum absolute atomic E-state index is 9.59. The number of hydrogen-bond acceptors (Lipinski definition) is 1. The van der Waals surface area contributed by atoms with Crippen LogP contribution >= 0.6 is 0 Å². The number of aliphatic hydroxyl groups excluding tert-OH is 1. The van der Waals surface area contributed by atoms with Crippen molar-refractivity contribution in [1.29, 1.82) is 0 Å². The Labute approximate surface area is 83.6 Å². The molecule has 0 radical (unpaired) electrons. The average Bonchev–Trinajstić information content (AvgIpc) is 2.66. The van der Waals surface area contributed by atoms with Gasteiger partial charge >= 0.3 is 0 Å². The summed E-state index contributed by atoms with van der Waals surface area (Å²) in [6.07, 6.45) is 3.24. The lowest BCUT2D eigenvalue weighted by molar-refractivity contribution is 0.171. The van der Waals surface area contributed by atoms with E-state index in [0.29, 0.717) is 0 Å². The van der Waals surface area contributed by atoms with Gasteiger partial charge in [0.2, 0.25) is 0 Å². The quantitative estimate of drug-likeness (QED) is 0.764. The number of aromatic nitrogens is 1. The van der Waals surface area contributed by atoms with Crippen molar-refractivity contribution < 1.29 is 5.11 Å². The lowest BCUT2D eigenvalue weighted by atomic mass is 10.0. The summed E-state index contributed by atoms with van der Waals surface area (Å²) < 4.78 is 0. The third-order valence-corrected chi connectivity index (χ3v) is 2.60. The summed E-state index contributed by atoms with van der Waals surface area (Å²) in [6, 6.07) is 8.23. The van der Waals surface area contributed by atoms with Crippen molar-refractivity contribution in [1.82, 2.24) is 4.98 Å². The first kappa shape index (κ1) is 9.28. The van der Waals surface area contributed by atoms with Crippen LogP contribution in [0.25, 0.3) is 10.9 Å². The second kappa shape index (κ2) is 3.84. The number of fused-ring (bicyclic) bond motifs is 1. The molecule has 14 heavy (non-hydrogen) atoms. The fraction of sp³-hybridized carbons (Fsp3) is 0.333. The van der Waals surface area contributed by atoms with Gasteiger partial charge in [0, 0.05) is 18.1 Å². The number of rotatable bonds is 3. The van der Waals surface area contributed by atoms with Crippen LogP contribution < -0.4 is 0 Å². The van der Waals surface area contributed by atoms with Crippen molar-refractivity contribution in [3.63, 3.8) is 0 Å². The molecule has 2 rings (SSSR count). The maximum Gasteiger partial charge on any atom is 0.0578 e. The van der Waals surface area contributed by atoms with Crippen molar-refractivity contribution in [3.05, 3.63) is 36.0 Å². The summed E-state index contributed by atoms with van der Waals surface area (Å²) in [5, 5.41) is 10.8. The Morgan fingerprint density at radius 2 is 2.21 bits per heavy atom. The molecule has 0 unspecified atom stereocenters. The minimum absolute atomic E-state index is 0.233. The SMILES string of the molecule is CC[C@H](O)Cc1cccc2cc[nH]c12. The van der Waals surface area contributed by atoms with Crippen molar-refractivity contribution in [2.24, 2.45) is 0 Å². The number of nitrogens with one attached hydrogen (secondary N) is 1. The van der Waals surface area contributed by atoms with Crippen LogP contribution in [-0.4, -0.2) is 16.2 Å². The topological polar surface area (TPSA) is 36.0 Å². The highest BCUT2D eigenvalue weighted by molar-refractivity contribution is 5.82. The van der Waals surface area contributed by atoms with E-state index in [1.807, 2.05) is 19.2 Å². The number of aliphatic hydroxyl groups is 1. The Bertz CT molecular complexity index is 419. The van der Waals surface area contributed by atoms with Gasteiger partial charge in [-0.25, -0.2) is 0 Å². The van der Waals surface area contributed by atoms with E-state index in [4.69, 9.17) is 0 Å². The molecular formula is C12H15NO. The van der Waals surface area contributed by atoms with Gasteiger partial charge in [-0.05, 0) is 23.4 Å². The number of aromatic amines is 1. The van der Waals surface area contributed by atoms with E-state index in [1.165, 1.54) is 10.9 Å². The Hall–Kier alpha value is -1.28. The number of hydrogen-bond donors (Lipinski definition) is 2. The molecule has 0 saturated heterocycles. The average molecular weight is 189 g/mol. The summed E-state index contributed by atoms with van der Waals surface area (Å²) in [6.45, 7) is 2.00. The Morgan fingerprint density at radius 1 is 1.36 bits per heavy atom. The first-order valence-corrected chi connectivity index (χ1v) is 5.04. The lowest BCUT2D eigenvalue weighted by Crippen LogP contribution is -2.08. The van der Waals surface area contributed by atoms with Crippen LogP contribution in [0.1, 0.15) is 18.9 Å². The smallest absolute Gasteiger partial charge is 0.0578 e. The largest absolute Gasteiger partial charge is 0.393 e. The van der Waals surface area contributed by atoms with Crippen LogP contribution in [0.15, 0.2) is 30.5 Å². The van der Waals surface area contributed by atoms with Crippen molar-refractivity contribution >= 4 is 10.9 Å². The Balaban J connectivity index is 2.36. The highest BCUT2D eigenvalue weighted by atomic mass is 16.3. The minimum atomic E-state index is -0.233. The molecular weight excluding hydrogens is 174 g/mol. The molecule has 0 bridgehead atoms. The molecule has 1 aromatic carbocycles. The van der Waals surface area contributed by atoms with Gasteiger partial charge in [-0.2, -0.15) is 0 Å². The molecule has 2 nitrogen and oxygen atoms in total. The molecule has 74 valence electrons. The van der Waals surface area contributed by atoms with Crippen LogP contribution in [-0.2, 0) is 6.42 Å². The molecule has 1 heterocycles. The summed E-state index contributed by atoms with van der Waals surface area (Å²) in [5.41, 5.74) is 2.35. The molecule has 0 aliphatic carbocycles. The van der Waals surface area contributed by atoms with Gasteiger partial charge in [0.1, 0.15) is 0 Å². The van der Waals surface area contributed by atoms with E-state index in [9.17, 15) is 5.11 Å². The molecule has 1 aromatic heterocycles. The molecule has 0 amide bonds. The van der Waals surface area contributed by atoms with Gasteiger partial charge in [0.25, 0.3) is 0 Å². The summed E-state index contributed by atoms with van der Waals surface area (Å²) in [5.74, 6) is 0. The molecule has 0 spiro atoms. The summed E-state index contributed by atoms with van der Waals surface area (Å²) in [4.78, 5) is 3.21. The van der Waals surface area contributed by atoms with Crippen molar-refractivity contribution in [2.75, 3.05) is 0 Å². The lowest BCUT2D eigenvalue weighted by Gasteiger charge is -2.08. The highest BCUT2D eigenvalue weighted by Crippen LogP contribution is 2.18. The molecule has 0 fully saturated rings. The normalized spacial score (nSPS) is 13.3. The van der Waals surface area contributed by atoms with Crippen LogP contribution in [0, 0.1) is 0 Å². The summed E-state index contributed by atoms with van der Waals surface area (Å²) in [7, 11) is 0. The van der Waals surface area contributed by atoms with Gasteiger partial charge < -0.3 is 10.1 Å².